The highest BCUT2D eigenvalue weighted by molar-refractivity contribution is 7.89. The van der Waals surface area contributed by atoms with Gasteiger partial charge in [0.1, 0.15) is 18.8 Å². The first-order valence-corrected chi connectivity index (χ1v) is 11.8. The molecule has 0 atom stereocenters. The maximum atomic E-state index is 12.8. The highest BCUT2D eigenvalue weighted by atomic mass is 32.2. The Bertz CT molecular complexity index is 755. The van der Waals surface area contributed by atoms with Crippen molar-refractivity contribution in [3.63, 3.8) is 0 Å². The van der Waals surface area contributed by atoms with Gasteiger partial charge >= 0.3 is 0 Å². The van der Waals surface area contributed by atoms with Crippen molar-refractivity contribution in [3.05, 3.63) is 24.3 Å². The number of carbonyl (C=O) groups excluding carboxylic acids is 1. The Morgan fingerprint density at radius 2 is 1.86 bits per heavy atom. The number of quaternary nitrogens is 1. The van der Waals surface area contributed by atoms with Crippen LogP contribution in [0.2, 0.25) is 0 Å². The first-order chi connectivity index (χ1) is 14.0. The largest absolute Gasteiger partial charge is 0.497 e. The topological polar surface area (TPSA) is 89.4 Å². The SMILES string of the molecule is COc1ccc(S(=O)(=O)N2CCC(C(=O)NCCC[NH+]3CCOCC3)CC2)cc1. The maximum Gasteiger partial charge on any atom is 0.243 e. The Labute approximate surface area is 173 Å². The van der Waals surface area contributed by atoms with E-state index in [4.69, 9.17) is 9.47 Å². The molecule has 0 spiro atoms. The summed E-state index contributed by atoms with van der Waals surface area (Å²) in [7, 11) is -1.99. The highest BCUT2D eigenvalue weighted by Crippen LogP contribution is 2.25. The van der Waals surface area contributed by atoms with Crippen LogP contribution in [0.25, 0.3) is 0 Å². The van der Waals surface area contributed by atoms with Crippen molar-refractivity contribution in [2.45, 2.75) is 24.2 Å². The number of nitrogens with one attached hydrogen (secondary N) is 2. The average Bonchev–Trinajstić information content (AvgIpc) is 2.77. The molecule has 2 saturated heterocycles. The van der Waals surface area contributed by atoms with Crippen LogP contribution in [0.15, 0.2) is 29.2 Å². The summed E-state index contributed by atoms with van der Waals surface area (Å²) in [5.74, 6) is 0.547. The van der Waals surface area contributed by atoms with Gasteiger partial charge in [-0.3, -0.25) is 4.79 Å². The summed E-state index contributed by atoms with van der Waals surface area (Å²) in [6.45, 7) is 6.16. The molecule has 1 aromatic carbocycles. The first kappa shape index (κ1) is 22.0. The molecule has 0 radical (unpaired) electrons. The highest BCUT2D eigenvalue weighted by Gasteiger charge is 2.32. The molecule has 0 saturated carbocycles. The summed E-state index contributed by atoms with van der Waals surface area (Å²) < 4.78 is 37.5. The van der Waals surface area contributed by atoms with Gasteiger partial charge in [-0.1, -0.05) is 0 Å². The van der Waals surface area contributed by atoms with E-state index in [1.54, 1.807) is 31.4 Å². The molecule has 29 heavy (non-hydrogen) atoms. The molecule has 0 aliphatic carbocycles. The van der Waals surface area contributed by atoms with Crippen LogP contribution in [-0.4, -0.2) is 78.2 Å². The van der Waals surface area contributed by atoms with Gasteiger partial charge in [0.25, 0.3) is 0 Å². The van der Waals surface area contributed by atoms with E-state index < -0.39 is 10.0 Å². The Hall–Kier alpha value is -1.68. The van der Waals surface area contributed by atoms with Gasteiger partial charge in [-0.25, -0.2) is 8.42 Å². The van der Waals surface area contributed by atoms with E-state index in [1.807, 2.05) is 0 Å². The van der Waals surface area contributed by atoms with E-state index in [9.17, 15) is 13.2 Å². The predicted molar refractivity (Wildman–Crippen MR) is 108 cm³/mol. The zero-order chi connectivity index (χ0) is 20.7. The van der Waals surface area contributed by atoms with Crippen molar-refractivity contribution in [2.24, 2.45) is 5.92 Å². The van der Waals surface area contributed by atoms with Gasteiger partial charge in [-0.15, -0.1) is 0 Å². The lowest BCUT2D eigenvalue weighted by Gasteiger charge is -2.30. The number of hydrogen-bond donors (Lipinski definition) is 2. The number of methoxy groups -OCH3 is 1. The third-order valence-electron chi connectivity index (χ3n) is 5.73. The smallest absolute Gasteiger partial charge is 0.243 e. The molecule has 2 heterocycles. The van der Waals surface area contributed by atoms with Crippen LogP contribution >= 0.6 is 0 Å². The Kier molecular flexibility index (Phi) is 7.88. The van der Waals surface area contributed by atoms with E-state index in [1.165, 1.54) is 9.21 Å². The lowest BCUT2D eigenvalue weighted by atomic mass is 9.97. The third kappa shape index (κ3) is 5.91. The number of rotatable bonds is 8. The number of nitrogens with zero attached hydrogens (tertiary/aromatic N) is 1. The van der Waals surface area contributed by atoms with Crippen LogP contribution in [0.1, 0.15) is 19.3 Å². The minimum atomic E-state index is -3.54. The fourth-order valence-electron chi connectivity index (χ4n) is 3.86. The molecular weight excluding hydrogens is 394 g/mol. The zero-order valence-corrected chi connectivity index (χ0v) is 17.9. The van der Waals surface area contributed by atoms with Crippen molar-refractivity contribution < 1.29 is 27.6 Å². The van der Waals surface area contributed by atoms with Crippen LogP contribution in [0, 0.1) is 5.92 Å². The number of amides is 1. The number of ether oxygens (including phenoxy) is 2. The fraction of sp³-hybridized carbons (Fsp3) is 0.650. The quantitative estimate of drug-likeness (QED) is 0.548. The van der Waals surface area contributed by atoms with Gasteiger partial charge in [0.15, 0.2) is 0 Å². The second-order valence-corrected chi connectivity index (χ2v) is 9.55. The van der Waals surface area contributed by atoms with Gasteiger partial charge in [-0.05, 0) is 37.1 Å². The maximum absolute atomic E-state index is 12.8. The van der Waals surface area contributed by atoms with E-state index in [-0.39, 0.29) is 16.7 Å². The van der Waals surface area contributed by atoms with E-state index in [0.29, 0.717) is 38.2 Å². The van der Waals surface area contributed by atoms with Crippen LogP contribution in [0.5, 0.6) is 5.75 Å². The number of morpholine rings is 1. The molecule has 2 aliphatic heterocycles. The molecule has 0 bridgehead atoms. The Morgan fingerprint density at radius 1 is 1.21 bits per heavy atom. The number of carbonyl (C=O) groups is 1. The van der Waals surface area contributed by atoms with Crippen molar-refractivity contribution in [2.75, 3.05) is 59.6 Å². The third-order valence-corrected chi connectivity index (χ3v) is 7.64. The second kappa shape index (κ2) is 10.4. The molecule has 8 nitrogen and oxygen atoms in total. The molecule has 1 aromatic rings. The summed E-state index contributed by atoms with van der Waals surface area (Å²) in [5, 5.41) is 3.02. The van der Waals surface area contributed by atoms with Gasteiger partial charge in [0, 0.05) is 32.0 Å². The Morgan fingerprint density at radius 3 is 2.48 bits per heavy atom. The van der Waals surface area contributed by atoms with E-state index >= 15 is 0 Å². The lowest BCUT2D eigenvalue weighted by molar-refractivity contribution is -0.908. The van der Waals surface area contributed by atoms with Gasteiger partial charge in [-0.2, -0.15) is 4.31 Å². The van der Waals surface area contributed by atoms with Crippen molar-refractivity contribution in [1.29, 1.82) is 0 Å². The minimum absolute atomic E-state index is 0.0449. The standard InChI is InChI=1S/C20H31N3O5S/c1-27-18-3-5-19(6-4-18)29(25,26)23-11-7-17(8-12-23)20(24)21-9-2-10-22-13-15-28-16-14-22/h3-6,17H,2,7-16H2,1H3,(H,21,24)/p+1. The van der Waals surface area contributed by atoms with Crippen LogP contribution in [-0.2, 0) is 19.6 Å². The lowest BCUT2D eigenvalue weighted by Crippen LogP contribution is -3.14. The molecule has 162 valence electrons. The molecule has 0 aromatic heterocycles. The number of hydrogen-bond acceptors (Lipinski definition) is 5. The molecule has 2 fully saturated rings. The molecule has 0 unspecified atom stereocenters. The average molecular weight is 427 g/mol. The minimum Gasteiger partial charge on any atom is -0.497 e. The number of sulfonamides is 1. The zero-order valence-electron chi connectivity index (χ0n) is 17.1. The first-order valence-electron chi connectivity index (χ1n) is 10.3. The van der Waals surface area contributed by atoms with Crippen LogP contribution in [0.3, 0.4) is 0 Å². The molecule has 1 amide bonds. The fourth-order valence-corrected chi connectivity index (χ4v) is 5.33. The summed E-state index contributed by atoms with van der Waals surface area (Å²) >= 11 is 0. The normalized spacial score (nSPS) is 19.8. The number of benzene rings is 1. The summed E-state index contributed by atoms with van der Waals surface area (Å²) in [6, 6.07) is 6.41. The summed E-state index contributed by atoms with van der Waals surface area (Å²) in [5.41, 5.74) is 0. The van der Waals surface area contributed by atoms with Crippen molar-refractivity contribution in [1.82, 2.24) is 9.62 Å². The molecule has 3 rings (SSSR count). The second-order valence-electron chi connectivity index (χ2n) is 7.61. The van der Waals surface area contributed by atoms with E-state index in [0.717, 1.165) is 39.3 Å². The molecular formula is C20H32N3O5S+. The van der Waals surface area contributed by atoms with Crippen molar-refractivity contribution >= 4 is 15.9 Å². The molecule has 9 heteroatoms. The number of piperidine rings is 1. The summed E-state index contributed by atoms with van der Waals surface area (Å²) in [4.78, 5) is 14.2. The van der Waals surface area contributed by atoms with Crippen LogP contribution in [0.4, 0.5) is 0 Å². The summed E-state index contributed by atoms with van der Waals surface area (Å²) in [6.07, 6.45) is 2.05. The predicted octanol–water partition coefficient (Wildman–Crippen LogP) is -0.483. The Balaban J connectivity index is 1.41. The van der Waals surface area contributed by atoms with Crippen LogP contribution < -0.4 is 15.0 Å². The van der Waals surface area contributed by atoms with Gasteiger partial charge in [0.2, 0.25) is 15.9 Å². The monoisotopic (exact) mass is 426 g/mol. The molecule has 2 aliphatic rings. The van der Waals surface area contributed by atoms with Gasteiger partial charge in [0.05, 0.1) is 31.8 Å². The van der Waals surface area contributed by atoms with Gasteiger partial charge < -0.3 is 19.7 Å². The molecule has 2 N–H and O–H groups in total. The van der Waals surface area contributed by atoms with E-state index in [2.05, 4.69) is 5.32 Å². The van der Waals surface area contributed by atoms with Crippen molar-refractivity contribution in [3.8, 4) is 5.75 Å².